The Morgan fingerprint density at radius 2 is 0.902 bits per heavy atom. The minimum atomic E-state index is -4.73. The molecule has 239 valence electrons. The van der Waals surface area contributed by atoms with E-state index in [0.717, 1.165) is 38.5 Å². The van der Waals surface area contributed by atoms with Crippen molar-refractivity contribution in [3.05, 3.63) is 0 Å². The number of carbonyl (C=O) groups excluding carboxylic acids is 2. The molecule has 41 heavy (non-hydrogen) atoms. The van der Waals surface area contributed by atoms with Crippen molar-refractivity contribution < 1.29 is 37.9 Å². The van der Waals surface area contributed by atoms with Crippen molar-refractivity contribution in [1.82, 2.24) is 0 Å². The molecule has 0 unspecified atom stereocenters. The maximum absolute atomic E-state index is 12.3. The number of hydrogen-bond donors (Lipinski definition) is 2. The molecule has 1 radical (unpaired) electrons. The Labute approximate surface area is 273 Å². The fourth-order valence-electron chi connectivity index (χ4n) is 4.67. The molecule has 0 bridgehead atoms. The first-order valence-corrected chi connectivity index (χ1v) is 17.9. The second-order valence-electron chi connectivity index (χ2n) is 11.2. The van der Waals surface area contributed by atoms with Gasteiger partial charge in [0, 0.05) is 42.4 Å². The summed E-state index contributed by atoms with van der Waals surface area (Å²) < 4.78 is 26.1. The third-order valence-electron chi connectivity index (χ3n) is 7.13. The molecule has 0 saturated carbocycles. The third kappa shape index (κ3) is 34.4. The summed E-state index contributed by atoms with van der Waals surface area (Å²) in [5.41, 5.74) is 0. The van der Waals surface area contributed by atoms with Crippen LogP contribution < -0.4 is 0 Å². The van der Waals surface area contributed by atoms with Gasteiger partial charge in [0.1, 0.15) is 6.61 Å². The van der Waals surface area contributed by atoms with Gasteiger partial charge in [-0.2, -0.15) is 0 Å². The number of ether oxygens (including phenoxy) is 2. The molecule has 1 atom stereocenters. The quantitative estimate of drug-likeness (QED) is 0.0357. The van der Waals surface area contributed by atoms with Gasteiger partial charge in [0.15, 0.2) is 6.10 Å². The van der Waals surface area contributed by atoms with E-state index in [0.29, 0.717) is 6.42 Å². The van der Waals surface area contributed by atoms with E-state index in [1.807, 2.05) is 0 Å². The maximum Gasteiger partial charge on any atom is 0.469 e. The van der Waals surface area contributed by atoms with Gasteiger partial charge in [0.25, 0.3) is 0 Å². The van der Waals surface area contributed by atoms with Gasteiger partial charge >= 0.3 is 19.8 Å². The zero-order valence-electron chi connectivity index (χ0n) is 26.8. The normalized spacial score (nSPS) is 12.1. The molecule has 0 aromatic carbocycles. The van der Waals surface area contributed by atoms with Gasteiger partial charge < -0.3 is 19.3 Å². The number of phosphoric acid groups is 1. The minimum absolute atomic E-state index is 0. The van der Waals surface area contributed by atoms with Crippen molar-refractivity contribution in [2.75, 3.05) is 13.2 Å². The number of hydrogen-bond acceptors (Lipinski definition) is 6. The van der Waals surface area contributed by atoms with Crippen LogP contribution in [0.4, 0.5) is 0 Å². The summed E-state index contributed by atoms with van der Waals surface area (Å²) in [5, 5.41) is 0. The van der Waals surface area contributed by atoms with Crippen LogP contribution in [-0.4, -0.2) is 70.6 Å². The summed E-state index contributed by atoms with van der Waals surface area (Å²) in [6.45, 7) is 3.65. The molecule has 0 spiro atoms. The molecule has 0 rings (SSSR count). The molecule has 0 saturated heterocycles. The third-order valence-corrected chi connectivity index (χ3v) is 7.61. The molecule has 0 heterocycles. The Kier molecular flexibility index (Phi) is 33.1. The van der Waals surface area contributed by atoms with E-state index in [1.165, 1.54) is 96.3 Å². The van der Waals surface area contributed by atoms with E-state index in [9.17, 15) is 14.2 Å². The molecule has 8 nitrogen and oxygen atoms in total. The number of rotatable bonds is 30. The van der Waals surface area contributed by atoms with Gasteiger partial charge in [-0.1, -0.05) is 142 Å². The Hall–Kier alpha value is 0.0500. The molecule has 0 amide bonds. The van der Waals surface area contributed by atoms with Crippen LogP contribution in [0.3, 0.4) is 0 Å². The summed E-state index contributed by atoms with van der Waals surface area (Å²) in [5.74, 6) is -0.879. The predicted octanol–water partition coefficient (Wildman–Crippen LogP) is 8.57. The van der Waals surface area contributed by atoms with Crippen LogP contribution in [-0.2, 0) is 28.2 Å². The van der Waals surface area contributed by atoms with E-state index in [-0.39, 0.29) is 49.0 Å². The van der Waals surface area contributed by atoms with Crippen LogP contribution in [0, 0.1) is 0 Å². The van der Waals surface area contributed by atoms with Crippen molar-refractivity contribution in [2.24, 2.45) is 0 Å². The van der Waals surface area contributed by atoms with Crippen LogP contribution in [0.2, 0.25) is 0 Å². The largest absolute Gasteiger partial charge is 0.469 e. The van der Waals surface area contributed by atoms with Crippen molar-refractivity contribution in [3.63, 3.8) is 0 Å². The predicted molar refractivity (Wildman–Crippen MR) is 167 cm³/mol. The van der Waals surface area contributed by atoms with Gasteiger partial charge in [0.2, 0.25) is 0 Å². The molecule has 0 aromatic rings. The second kappa shape index (κ2) is 31.5. The fraction of sp³-hybridized carbons (Fsp3) is 0.935. The summed E-state index contributed by atoms with van der Waals surface area (Å²) >= 11 is 0. The SMILES string of the molecule is CCCCCCCCCCCCCC(=O)OC[C@H](COP(=O)(O)O)OC(=O)CCCCCCCCCCCCC.[Na]. The molecule has 2 N–H and O–H groups in total. The molecule has 0 aliphatic rings. The average Bonchev–Trinajstić information content (AvgIpc) is 2.91. The minimum Gasteiger partial charge on any atom is -0.462 e. The molecule has 0 aromatic heterocycles. The topological polar surface area (TPSA) is 119 Å². The Bertz CT molecular complexity index is 644. The van der Waals surface area contributed by atoms with Gasteiger partial charge in [0.05, 0.1) is 6.61 Å². The van der Waals surface area contributed by atoms with Crippen molar-refractivity contribution in [2.45, 2.75) is 174 Å². The van der Waals surface area contributed by atoms with Crippen molar-refractivity contribution >= 4 is 49.3 Å². The summed E-state index contributed by atoms with van der Waals surface area (Å²) in [6.07, 6.45) is 25.4. The Balaban J connectivity index is 0. The van der Waals surface area contributed by atoms with Gasteiger partial charge in [-0.25, -0.2) is 4.57 Å². The van der Waals surface area contributed by atoms with Crippen LogP contribution in [0.1, 0.15) is 168 Å². The van der Waals surface area contributed by atoms with Gasteiger partial charge in [-0.3, -0.25) is 14.1 Å². The van der Waals surface area contributed by atoms with E-state index in [4.69, 9.17) is 19.3 Å². The first kappa shape index (κ1) is 43.2. The Morgan fingerprint density at radius 1 is 0.561 bits per heavy atom. The van der Waals surface area contributed by atoms with E-state index in [2.05, 4.69) is 18.4 Å². The first-order valence-electron chi connectivity index (χ1n) is 16.3. The molecular formula is C31H61NaO8P. The van der Waals surface area contributed by atoms with Crippen LogP contribution in [0.15, 0.2) is 0 Å². The monoisotopic (exact) mass is 615 g/mol. The van der Waals surface area contributed by atoms with E-state index < -0.39 is 32.5 Å². The van der Waals surface area contributed by atoms with Crippen molar-refractivity contribution in [1.29, 1.82) is 0 Å². The van der Waals surface area contributed by atoms with Crippen molar-refractivity contribution in [3.8, 4) is 0 Å². The molecular weight excluding hydrogens is 554 g/mol. The van der Waals surface area contributed by atoms with Crippen LogP contribution in [0.5, 0.6) is 0 Å². The van der Waals surface area contributed by atoms with Gasteiger partial charge in [-0.05, 0) is 12.8 Å². The summed E-state index contributed by atoms with van der Waals surface area (Å²) in [7, 11) is -4.73. The van der Waals surface area contributed by atoms with Crippen LogP contribution >= 0.6 is 7.82 Å². The summed E-state index contributed by atoms with van der Waals surface area (Å²) in [6, 6.07) is 0. The molecule has 10 heteroatoms. The molecule has 0 aliphatic carbocycles. The first-order chi connectivity index (χ1) is 19.3. The van der Waals surface area contributed by atoms with E-state index >= 15 is 0 Å². The zero-order valence-corrected chi connectivity index (χ0v) is 29.6. The second-order valence-corrected chi connectivity index (χ2v) is 12.4. The average molecular weight is 616 g/mol. The Morgan fingerprint density at radius 3 is 1.27 bits per heavy atom. The molecule has 0 fully saturated rings. The number of phosphoric ester groups is 1. The fourth-order valence-corrected chi connectivity index (χ4v) is 5.03. The molecule has 0 aliphatic heterocycles. The number of carbonyl (C=O) groups is 2. The maximum atomic E-state index is 12.3. The van der Waals surface area contributed by atoms with Gasteiger partial charge in [-0.15, -0.1) is 0 Å². The van der Waals surface area contributed by atoms with E-state index in [1.54, 1.807) is 0 Å². The smallest absolute Gasteiger partial charge is 0.462 e. The van der Waals surface area contributed by atoms with Crippen LogP contribution in [0.25, 0.3) is 0 Å². The number of unbranched alkanes of at least 4 members (excludes halogenated alkanes) is 20. The zero-order chi connectivity index (χ0) is 29.7. The standard InChI is InChI=1S/C31H61O8P.Na/c1-3-5-7-9-11-13-15-17-19-21-23-25-30(32)37-27-29(28-38-40(34,35)36)39-31(33)26-24-22-20-18-16-14-12-10-8-6-4-2;/h29H,3-28H2,1-2H3,(H2,34,35,36);/t29-;/m1./s1. The number of esters is 2. The summed E-state index contributed by atoms with van der Waals surface area (Å²) in [4.78, 5) is 42.4.